The maximum absolute atomic E-state index is 7.60. The molecule has 3 nitrogen and oxygen atoms in total. The van der Waals surface area contributed by atoms with Gasteiger partial charge in [0.2, 0.25) is 0 Å². The van der Waals surface area contributed by atoms with E-state index < -0.39 is 5.60 Å². The Hall–Kier alpha value is -5.38. The van der Waals surface area contributed by atoms with E-state index in [1.165, 1.54) is 54.7 Å². The third kappa shape index (κ3) is 4.68. The van der Waals surface area contributed by atoms with Gasteiger partial charge in [-0.15, -0.1) is 0 Å². The SMILES string of the molecule is CCCOCCNc1ccc(C2(c3ccc4c(ccc5ccccc54)c3)C=Cc3c4c(c5ccccc5c3O2)-c2ccccc2C4(C)C)cc1. The minimum Gasteiger partial charge on any atom is -0.472 e. The first-order valence-corrected chi connectivity index (χ1v) is 17.9. The zero-order valence-electron chi connectivity index (χ0n) is 28.9. The molecule has 1 aliphatic heterocycles. The van der Waals surface area contributed by atoms with Crippen molar-refractivity contribution in [1.82, 2.24) is 0 Å². The monoisotopic (exact) mass is 651 g/mol. The van der Waals surface area contributed by atoms with Gasteiger partial charge in [0.1, 0.15) is 5.75 Å². The molecular formula is C47H41NO2. The second-order valence-electron chi connectivity index (χ2n) is 14.2. The summed E-state index contributed by atoms with van der Waals surface area (Å²) in [5.74, 6) is 0.941. The molecule has 0 bridgehead atoms. The molecule has 7 aromatic rings. The zero-order chi connectivity index (χ0) is 33.9. The Balaban J connectivity index is 1.23. The molecule has 1 heterocycles. The van der Waals surface area contributed by atoms with Crippen molar-refractivity contribution in [2.24, 2.45) is 0 Å². The van der Waals surface area contributed by atoms with Gasteiger partial charge in [0.25, 0.3) is 0 Å². The smallest absolute Gasteiger partial charge is 0.178 e. The summed E-state index contributed by atoms with van der Waals surface area (Å²) < 4.78 is 13.3. The van der Waals surface area contributed by atoms with Crippen molar-refractivity contribution in [1.29, 1.82) is 0 Å². The van der Waals surface area contributed by atoms with Crippen molar-refractivity contribution in [3.8, 4) is 16.9 Å². The molecule has 0 saturated carbocycles. The summed E-state index contributed by atoms with van der Waals surface area (Å²) >= 11 is 0. The van der Waals surface area contributed by atoms with E-state index in [-0.39, 0.29) is 5.41 Å². The molecule has 50 heavy (non-hydrogen) atoms. The number of benzene rings is 7. The van der Waals surface area contributed by atoms with Crippen LogP contribution in [0.4, 0.5) is 5.69 Å². The minimum absolute atomic E-state index is 0.175. The second kappa shape index (κ2) is 11.9. The van der Waals surface area contributed by atoms with Crippen molar-refractivity contribution >= 4 is 44.1 Å². The molecule has 1 aliphatic carbocycles. The molecule has 1 N–H and O–H groups in total. The van der Waals surface area contributed by atoms with Crippen LogP contribution in [0.15, 0.2) is 133 Å². The third-order valence-corrected chi connectivity index (χ3v) is 10.9. The molecule has 246 valence electrons. The van der Waals surface area contributed by atoms with Gasteiger partial charge < -0.3 is 14.8 Å². The van der Waals surface area contributed by atoms with E-state index in [0.29, 0.717) is 6.61 Å². The van der Waals surface area contributed by atoms with Gasteiger partial charge in [0, 0.05) is 46.3 Å². The average Bonchev–Trinajstić information content (AvgIpc) is 3.41. The maximum Gasteiger partial charge on any atom is 0.178 e. The van der Waals surface area contributed by atoms with Crippen LogP contribution in [0.25, 0.3) is 49.5 Å². The van der Waals surface area contributed by atoms with Crippen LogP contribution >= 0.6 is 0 Å². The Labute approximate surface area is 294 Å². The predicted molar refractivity (Wildman–Crippen MR) is 209 cm³/mol. The van der Waals surface area contributed by atoms with Gasteiger partial charge in [-0.1, -0.05) is 136 Å². The fourth-order valence-corrected chi connectivity index (χ4v) is 8.47. The van der Waals surface area contributed by atoms with E-state index in [1.807, 2.05) is 0 Å². The van der Waals surface area contributed by atoms with Crippen LogP contribution in [-0.4, -0.2) is 19.8 Å². The molecule has 1 unspecified atom stereocenters. The number of rotatable bonds is 8. The summed E-state index contributed by atoms with van der Waals surface area (Å²) in [5, 5.41) is 10.9. The van der Waals surface area contributed by atoms with Crippen molar-refractivity contribution in [2.75, 3.05) is 25.1 Å². The van der Waals surface area contributed by atoms with Crippen LogP contribution in [0, 0.1) is 0 Å². The van der Waals surface area contributed by atoms with Crippen LogP contribution in [0.2, 0.25) is 0 Å². The zero-order valence-corrected chi connectivity index (χ0v) is 28.9. The van der Waals surface area contributed by atoms with Crippen molar-refractivity contribution in [3.05, 3.63) is 161 Å². The standard InChI is InChI=1S/C47H41NO2/c1-4-28-49-29-27-48-35-22-19-33(20-23-35)47(34-21-24-37-32(30-34)18-17-31-11-5-6-12-36(31)37)26-25-41-44-43(38-13-7-8-14-39(38)45(41)50-47)40-15-9-10-16-42(40)46(44,2)3/h5-26,30,48H,4,27-29H2,1-3H3. The predicted octanol–water partition coefficient (Wildman–Crippen LogP) is 11.6. The Bertz CT molecular complexity index is 2460. The number of nitrogens with one attached hydrogen (secondary N) is 1. The highest BCUT2D eigenvalue weighted by atomic mass is 16.5. The molecule has 1 atom stereocenters. The molecule has 3 heteroatoms. The summed E-state index contributed by atoms with van der Waals surface area (Å²) in [4.78, 5) is 0. The third-order valence-electron chi connectivity index (χ3n) is 10.9. The van der Waals surface area contributed by atoms with Gasteiger partial charge >= 0.3 is 0 Å². The highest BCUT2D eigenvalue weighted by Crippen LogP contribution is 2.58. The lowest BCUT2D eigenvalue weighted by atomic mass is 9.76. The largest absolute Gasteiger partial charge is 0.472 e. The molecule has 0 aromatic heterocycles. The Morgan fingerprint density at radius 2 is 1.36 bits per heavy atom. The number of ether oxygens (including phenoxy) is 2. The van der Waals surface area contributed by atoms with Crippen LogP contribution in [0.3, 0.4) is 0 Å². The summed E-state index contributed by atoms with van der Waals surface area (Å²) in [6.07, 6.45) is 5.67. The fourth-order valence-electron chi connectivity index (χ4n) is 8.47. The summed E-state index contributed by atoms with van der Waals surface area (Å²) in [7, 11) is 0. The maximum atomic E-state index is 7.60. The van der Waals surface area contributed by atoms with Crippen LogP contribution in [0.1, 0.15) is 55.0 Å². The first kappa shape index (κ1) is 30.7. The Kier molecular flexibility index (Phi) is 7.29. The molecule has 0 spiro atoms. The quantitative estimate of drug-likeness (QED) is 0.131. The van der Waals surface area contributed by atoms with E-state index in [4.69, 9.17) is 9.47 Å². The fraction of sp³-hybridized carbons (Fsp3) is 0.191. The first-order chi connectivity index (χ1) is 24.5. The minimum atomic E-state index is -0.845. The molecular weight excluding hydrogens is 611 g/mol. The van der Waals surface area contributed by atoms with Crippen molar-refractivity contribution < 1.29 is 9.47 Å². The lowest BCUT2D eigenvalue weighted by Gasteiger charge is -2.38. The van der Waals surface area contributed by atoms with E-state index >= 15 is 0 Å². The van der Waals surface area contributed by atoms with E-state index in [0.717, 1.165) is 47.5 Å². The highest BCUT2D eigenvalue weighted by molar-refractivity contribution is 6.09. The van der Waals surface area contributed by atoms with Crippen molar-refractivity contribution in [2.45, 2.75) is 38.2 Å². The van der Waals surface area contributed by atoms with Crippen LogP contribution < -0.4 is 10.1 Å². The molecule has 2 aliphatic rings. The van der Waals surface area contributed by atoms with Gasteiger partial charge in [-0.25, -0.2) is 0 Å². The molecule has 0 amide bonds. The number of hydrogen-bond donors (Lipinski definition) is 1. The lowest BCUT2D eigenvalue weighted by molar-refractivity contribution is 0.144. The molecule has 0 radical (unpaired) electrons. The van der Waals surface area contributed by atoms with Crippen molar-refractivity contribution in [3.63, 3.8) is 0 Å². The van der Waals surface area contributed by atoms with E-state index in [1.54, 1.807) is 0 Å². The van der Waals surface area contributed by atoms with Gasteiger partial charge in [-0.05, 0) is 79.9 Å². The summed E-state index contributed by atoms with van der Waals surface area (Å²) in [6.45, 7) is 9.09. The van der Waals surface area contributed by atoms with E-state index in [9.17, 15) is 0 Å². The Morgan fingerprint density at radius 3 is 2.20 bits per heavy atom. The van der Waals surface area contributed by atoms with Crippen LogP contribution in [-0.2, 0) is 15.8 Å². The molecule has 7 aromatic carbocycles. The van der Waals surface area contributed by atoms with Gasteiger partial charge in [0.15, 0.2) is 5.60 Å². The highest BCUT2D eigenvalue weighted by Gasteiger charge is 2.44. The van der Waals surface area contributed by atoms with Gasteiger partial charge in [0.05, 0.1) is 6.61 Å². The normalized spacial score (nSPS) is 17.0. The van der Waals surface area contributed by atoms with Gasteiger partial charge in [-0.2, -0.15) is 0 Å². The molecule has 0 fully saturated rings. The second-order valence-corrected chi connectivity index (χ2v) is 14.2. The number of hydrogen-bond acceptors (Lipinski definition) is 3. The number of anilines is 1. The lowest BCUT2D eigenvalue weighted by Crippen LogP contribution is -2.35. The van der Waals surface area contributed by atoms with Crippen LogP contribution in [0.5, 0.6) is 5.75 Å². The topological polar surface area (TPSA) is 30.5 Å². The molecule has 9 rings (SSSR count). The summed E-state index contributed by atoms with van der Waals surface area (Å²) in [5.41, 5.74) is 8.76. The first-order valence-electron chi connectivity index (χ1n) is 17.9. The average molecular weight is 652 g/mol. The van der Waals surface area contributed by atoms with Gasteiger partial charge in [-0.3, -0.25) is 0 Å². The van der Waals surface area contributed by atoms with E-state index in [2.05, 4.69) is 166 Å². The Morgan fingerprint density at radius 1 is 0.660 bits per heavy atom. The summed E-state index contributed by atoms with van der Waals surface area (Å²) in [6, 6.07) is 46.4. The number of fused-ring (bicyclic) bond motifs is 11. The molecule has 0 saturated heterocycles.